The normalized spacial score (nSPS) is 29.3. The maximum Gasteiger partial charge on any atom is 0.213 e. The second-order valence-electron chi connectivity index (χ2n) is 10.3. The number of ketones is 1. The van der Waals surface area contributed by atoms with Gasteiger partial charge >= 0.3 is 0 Å². The second kappa shape index (κ2) is 10.5. The Morgan fingerprint density at radius 3 is 2.61 bits per heavy atom. The van der Waals surface area contributed by atoms with Crippen molar-refractivity contribution in [2.45, 2.75) is 77.0 Å². The van der Waals surface area contributed by atoms with Crippen LogP contribution in [0.1, 0.15) is 72.1 Å². The molecule has 3 rings (SSSR count). The standard InChI is InChI=1S/C25H39NO4S/c1-17(2)14-24(27)22-7-5-6-19(9-8-18(22)3)23-15-20(23)12-13-30-25-11-10-21(16-26-25)31(4,28)29/h10-11,16-20,22-23H,5-9,12-15H2,1-4H3. The Morgan fingerprint density at radius 2 is 1.97 bits per heavy atom. The third-order valence-corrected chi connectivity index (χ3v) is 8.35. The van der Waals surface area contributed by atoms with Crippen molar-refractivity contribution in [3.8, 4) is 5.88 Å². The smallest absolute Gasteiger partial charge is 0.213 e. The number of carbonyl (C=O) groups excluding carboxylic acids is 1. The minimum absolute atomic E-state index is 0.216. The van der Waals surface area contributed by atoms with Gasteiger partial charge in [-0.15, -0.1) is 0 Å². The number of rotatable bonds is 9. The number of carbonyl (C=O) groups is 1. The molecule has 6 heteroatoms. The maximum absolute atomic E-state index is 12.6. The van der Waals surface area contributed by atoms with Crippen LogP contribution in [-0.4, -0.2) is 32.0 Å². The van der Waals surface area contributed by atoms with Crippen molar-refractivity contribution < 1.29 is 17.9 Å². The van der Waals surface area contributed by atoms with Gasteiger partial charge < -0.3 is 4.74 Å². The molecule has 0 aliphatic heterocycles. The molecule has 5 unspecified atom stereocenters. The lowest BCUT2D eigenvalue weighted by Crippen LogP contribution is -2.26. The molecular formula is C25H39NO4S. The Balaban J connectivity index is 1.40. The van der Waals surface area contributed by atoms with Gasteiger partial charge in [-0.25, -0.2) is 13.4 Å². The summed E-state index contributed by atoms with van der Waals surface area (Å²) in [6, 6.07) is 3.18. The summed E-state index contributed by atoms with van der Waals surface area (Å²) < 4.78 is 28.8. The van der Waals surface area contributed by atoms with E-state index in [4.69, 9.17) is 4.74 Å². The van der Waals surface area contributed by atoms with E-state index in [0.29, 0.717) is 30.1 Å². The molecule has 0 radical (unpaired) electrons. The van der Waals surface area contributed by atoms with Crippen molar-refractivity contribution in [2.24, 2.45) is 35.5 Å². The van der Waals surface area contributed by atoms with Gasteiger partial charge in [-0.2, -0.15) is 0 Å². The molecule has 0 aromatic carbocycles. The first-order chi connectivity index (χ1) is 14.6. The summed E-state index contributed by atoms with van der Waals surface area (Å²) in [6.45, 7) is 7.19. The van der Waals surface area contributed by atoms with Crippen LogP contribution in [0.15, 0.2) is 23.2 Å². The van der Waals surface area contributed by atoms with E-state index in [1.165, 1.54) is 44.6 Å². The predicted molar refractivity (Wildman–Crippen MR) is 123 cm³/mol. The van der Waals surface area contributed by atoms with E-state index < -0.39 is 9.84 Å². The van der Waals surface area contributed by atoms with E-state index in [-0.39, 0.29) is 10.8 Å². The molecule has 2 saturated carbocycles. The van der Waals surface area contributed by atoms with E-state index in [0.717, 1.165) is 37.0 Å². The molecule has 2 aliphatic rings. The summed E-state index contributed by atoms with van der Waals surface area (Å²) in [5.41, 5.74) is 0. The van der Waals surface area contributed by atoms with Gasteiger partial charge in [0.2, 0.25) is 5.88 Å². The highest BCUT2D eigenvalue weighted by atomic mass is 32.2. The van der Waals surface area contributed by atoms with Crippen molar-refractivity contribution in [3.63, 3.8) is 0 Å². The number of sulfone groups is 1. The van der Waals surface area contributed by atoms with Crippen molar-refractivity contribution in [1.82, 2.24) is 4.98 Å². The molecule has 0 spiro atoms. The summed E-state index contributed by atoms with van der Waals surface area (Å²) in [4.78, 5) is 16.9. The molecule has 5 atom stereocenters. The van der Waals surface area contributed by atoms with Crippen LogP contribution >= 0.6 is 0 Å². The van der Waals surface area contributed by atoms with Crippen LogP contribution in [0.5, 0.6) is 5.88 Å². The second-order valence-corrected chi connectivity index (χ2v) is 12.3. The van der Waals surface area contributed by atoms with E-state index in [2.05, 4.69) is 25.8 Å². The first kappa shape index (κ1) is 24.2. The molecule has 5 nitrogen and oxygen atoms in total. The lowest BCUT2D eigenvalue weighted by Gasteiger charge is -2.29. The van der Waals surface area contributed by atoms with Gasteiger partial charge in [-0.1, -0.05) is 33.6 Å². The maximum atomic E-state index is 12.6. The molecule has 2 aliphatic carbocycles. The molecule has 174 valence electrons. The summed E-state index contributed by atoms with van der Waals surface area (Å²) >= 11 is 0. The number of Topliss-reactive ketones (excluding diaryl/α,β-unsaturated/α-hetero) is 1. The number of pyridine rings is 1. The Kier molecular flexibility index (Phi) is 8.17. The van der Waals surface area contributed by atoms with Gasteiger partial charge in [0.1, 0.15) is 5.78 Å². The zero-order valence-electron chi connectivity index (χ0n) is 19.5. The zero-order valence-corrected chi connectivity index (χ0v) is 20.4. The predicted octanol–water partition coefficient (Wildman–Crippen LogP) is 5.34. The average molecular weight is 450 g/mol. The summed E-state index contributed by atoms with van der Waals surface area (Å²) in [7, 11) is -3.22. The van der Waals surface area contributed by atoms with Crippen LogP contribution in [0.2, 0.25) is 0 Å². The fraction of sp³-hybridized carbons (Fsp3) is 0.760. The lowest BCUT2D eigenvalue weighted by atomic mass is 9.75. The van der Waals surface area contributed by atoms with Crippen molar-refractivity contribution in [1.29, 1.82) is 0 Å². The van der Waals surface area contributed by atoms with Crippen molar-refractivity contribution in [3.05, 3.63) is 18.3 Å². The Labute approximate surface area is 188 Å². The third-order valence-electron chi connectivity index (χ3n) is 7.25. The van der Waals surface area contributed by atoms with Crippen LogP contribution in [0.25, 0.3) is 0 Å². The van der Waals surface area contributed by atoms with Crippen molar-refractivity contribution >= 4 is 15.6 Å². The van der Waals surface area contributed by atoms with Gasteiger partial charge in [0.25, 0.3) is 0 Å². The molecule has 31 heavy (non-hydrogen) atoms. The van der Waals surface area contributed by atoms with E-state index in [9.17, 15) is 13.2 Å². The highest BCUT2D eigenvalue weighted by molar-refractivity contribution is 7.90. The van der Waals surface area contributed by atoms with Gasteiger partial charge in [0, 0.05) is 30.9 Å². The molecule has 0 saturated heterocycles. The highest BCUT2D eigenvalue weighted by Crippen LogP contribution is 2.51. The van der Waals surface area contributed by atoms with Crippen LogP contribution in [-0.2, 0) is 14.6 Å². The molecule has 1 aromatic heterocycles. The fourth-order valence-electron chi connectivity index (χ4n) is 5.33. The number of aromatic nitrogens is 1. The molecule has 0 bridgehead atoms. The number of ether oxygens (including phenoxy) is 1. The van der Waals surface area contributed by atoms with Gasteiger partial charge in [0.15, 0.2) is 9.84 Å². The summed E-state index contributed by atoms with van der Waals surface area (Å²) in [5.74, 6) is 4.54. The Bertz CT molecular complexity index is 834. The van der Waals surface area contributed by atoms with Gasteiger partial charge in [-0.05, 0) is 67.8 Å². The minimum Gasteiger partial charge on any atom is -0.478 e. The highest BCUT2D eigenvalue weighted by Gasteiger charge is 2.42. The van der Waals surface area contributed by atoms with Gasteiger partial charge in [0.05, 0.1) is 11.5 Å². The Hall–Kier alpha value is -1.43. The molecule has 0 N–H and O–H groups in total. The lowest BCUT2D eigenvalue weighted by molar-refractivity contribution is -0.125. The third kappa shape index (κ3) is 7.03. The first-order valence-electron chi connectivity index (χ1n) is 12.0. The van der Waals surface area contributed by atoms with Crippen molar-refractivity contribution in [2.75, 3.05) is 12.9 Å². The fourth-order valence-corrected chi connectivity index (χ4v) is 5.89. The average Bonchev–Trinajstić information content (AvgIpc) is 3.43. The van der Waals surface area contributed by atoms with Crippen LogP contribution in [0.4, 0.5) is 0 Å². The van der Waals surface area contributed by atoms with E-state index in [1.807, 2.05) is 0 Å². The monoisotopic (exact) mass is 449 g/mol. The quantitative estimate of drug-likeness (QED) is 0.509. The van der Waals surface area contributed by atoms with Crippen LogP contribution in [0, 0.1) is 35.5 Å². The molecular weight excluding hydrogens is 410 g/mol. The van der Waals surface area contributed by atoms with E-state index >= 15 is 0 Å². The van der Waals surface area contributed by atoms with Crippen LogP contribution < -0.4 is 4.74 Å². The van der Waals surface area contributed by atoms with Gasteiger partial charge in [-0.3, -0.25) is 4.79 Å². The summed E-state index contributed by atoms with van der Waals surface area (Å²) in [6.07, 6.45) is 11.5. The first-order valence-corrected chi connectivity index (χ1v) is 13.9. The molecule has 1 aromatic rings. The number of hydrogen-bond acceptors (Lipinski definition) is 5. The van der Waals surface area contributed by atoms with Crippen LogP contribution in [0.3, 0.4) is 0 Å². The zero-order chi connectivity index (χ0) is 22.6. The molecule has 1 heterocycles. The number of nitrogens with zero attached hydrogens (tertiary/aromatic N) is 1. The molecule has 2 fully saturated rings. The number of hydrogen-bond donors (Lipinski definition) is 0. The SMILES string of the molecule is CC(C)CC(=O)C1CCCC(C2CC2CCOc2ccc(S(C)(=O)=O)cn2)CCC1C. The minimum atomic E-state index is -3.22. The van der Waals surface area contributed by atoms with E-state index in [1.54, 1.807) is 12.1 Å². The Morgan fingerprint density at radius 1 is 1.19 bits per heavy atom. The summed E-state index contributed by atoms with van der Waals surface area (Å²) in [5, 5.41) is 0. The molecule has 0 amide bonds. The largest absolute Gasteiger partial charge is 0.478 e. The topological polar surface area (TPSA) is 73.3 Å².